The van der Waals surface area contributed by atoms with Crippen molar-refractivity contribution in [3.63, 3.8) is 0 Å². The van der Waals surface area contributed by atoms with Crippen LogP contribution in [0.1, 0.15) is 11.7 Å². The van der Waals surface area contributed by atoms with Crippen molar-refractivity contribution in [2.75, 3.05) is 0 Å². The largest absolute Gasteiger partial charge is 0.367 e. The molecule has 0 aliphatic rings. The van der Waals surface area contributed by atoms with Crippen LogP contribution in [0.25, 0.3) is 0 Å². The highest BCUT2D eigenvalue weighted by molar-refractivity contribution is 7.67. The lowest BCUT2D eigenvalue weighted by atomic mass is 10.1. The summed E-state index contributed by atoms with van der Waals surface area (Å²) in [4.78, 5) is 10.8. The lowest BCUT2D eigenvalue weighted by Gasteiger charge is -2.11. The van der Waals surface area contributed by atoms with Crippen molar-refractivity contribution in [3.05, 3.63) is 35.4 Å². The summed E-state index contributed by atoms with van der Waals surface area (Å²) in [5.41, 5.74) is 4.40. The number of primary amides is 1. The smallest absolute Gasteiger partial charge is 0.258 e. The summed E-state index contributed by atoms with van der Waals surface area (Å²) in [6.45, 7) is 0. The van der Waals surface area contributed by atoms with Gasteiger partial charge in [-0.3, -0.25) is 8.98 Å². The first kappa shape index (κ1) is 12.5. The van der Waals surface area contributed by atoms with Crippen molar-refractivity contribution in [1.82, 2.24) is 0 Å². The summed E-state index contributed by atoms with van der Waals surface area (Å²) in [7, 11) is -3.38. The second kappa shape index (κ2) is 4.99. The molecule has 5 nitrogen and oxygen atoms in total. The van der Waals surface area contributed by atoms with E-state index in [0.29, 0.717) is 6.07 Å². The second-order valence-corrected chi connectivity index (χ2v) is 3.44. The molecule has 1 aromatic rings. The van der Waals surface area contributed by atoms with Gasteiger partial charge in [-0.15, -0.1) is 0 Å². The summed E-state index contributed by atoms with van der Waals surface area (Å²) < 4.78 is 50.4. The number of nitrogens with two attached hydrogens (primary N) is 1. The van der Waals surface area contributed by atoms with Crippen molar-refractivity contribution in [2.45, 2.75) is 6.10 Å². The average molecular weight is 251 g/mol. The molecular weight excluding hydrogens is 244 g/mol. The molecule has 16 heavy (non-hydrogen) atoms. The van der Waals surface area contributed by atoms with E-state index in [1.54, 1.807) is 0 Å². The van der Waals surface area contributed by atoms with Crippen LogP contribution in [0.4, 0.5) is 8.78 Å². The maximum Gasteiger partial charge on any atom is 0.258 e. The molecule has 0 bridgehead atoms. The van der Waals surface area contributed by atoms with Crippen molar-refractivity contribution in [1.29, 1.82) is 0 Å². The lowest BCUT2D eigenvalue weighted by molar-refractivity contribution is -0.124. The molecule has 0 aliphatic heterocycles. The van der Waals surface area contributed by atoms with Gasteiger partial charge >= 0.3 is 0 Å². The first-order valence-electron chi connectivity index (χ1n) is 3.97. The van der Waals surface area contributed by atoms with Gasteiger partial charge in [0.15, 0.2) is 6.10 Å². The fourth-order valence-corrected chi connectivity index (χ4v) is 1.45. The minimum atomic E-state index is -3.38. The Hall–Kier alpha value is -1.54. The third kappa shape index (κ3) is 2.97. The molecule has 1 unspecified atom stereocenters. The van der Waals surface area contributed by atoms with Crippen LogP contribution in [0, 0.1) is 11.6 Å². The van der Waals surface area contributed by atoms with Gasteiger partial charge < -0.3 is 5.73 Å². The van der Waals surface area contributed by atoms with E-state index in [9.17, 15) is 22.0 Å². The van der Waals surface area contributed by atoms with Gasteiger partial charge in [0.05, 0.1) is 0 Å². The second-order valence-electron chi connectivity index (χ2n) is 2.78. The Bertz CT molecular complexity index is 481. The quantitative estimate of drug-likeness (QED) is 0.739. The van der Waals surface area contributed by atoms with Crippen LogP contribution in [-0.4, -0.2) is 14.3 Å². The Kier molecular flexibility index (Phi) is 3.91. The summed E-state index contributed by atoms with van der Waals surface area (Å²) >= 11 is 0. The number of thiol groups is 1. The number of rotatable bonds is 4. The van der Waals surface area contributed by atoms with Gasteiger partial charge in [-0.05, 0) is 12.1 Å². The molecule has 8 heteroatoms. The van der Waals surface area contributed by atoms with Crippen LogP contribution in [0.5, 0.6) is 0 Å². The zero-order valence-electron chi connectivity index (χ0n) is 7.72. The predicted molar refractivity (Wildman–Crippen MR) is 49.7 cm³/mol. The molecule has 1 amide bonds. The number of carbonyl (C=O) groups excluding carboxylic acids is 1. The zero-order chi connectivity index (χ0) is 12.3. The number of amides is 1. The highest BCUT2D eigenvalue weighted by atomic mass is 32.2. The van der Waals surface area contributed by atoms with Gasteiger partial charge in [-0.1, -0.05) is 0 Å². The molecule has 2 N–H and O–H groups in total. The van der Waals surface area contributed by atoms with Gasteiger partial charge in [-0.25, -0.2) is 17.2 Å². The number of hydrogen-bond acceptors (Lipinski definition) is 4. The van der Waals surface area contributed by atoms with E-state index in [1.807, 2.05) is 0 Å². The number of hydrogen-bond donors (Lipinski definition) is 2. The van der Waals surface area contributed by atoms with E-state index in [2.05, 4.69) is 4.18 Å². The van der Waals surface area contributed by atoms with E-state index in [1.165, 1.54) is 0 Å². The molecule has 1 aromatic carbocycles. The fourth-order valence-electron chi connectivity index (χ4n) is 1.06. The van der Waals surface area contributed by atoms with Crippen molar-refractivity contribution >= 4 is 16.9 Å². The van der Waals surface area contributed by atoms with Crippen LogP contribution >= 0.6 is 0 Å². The first-order chi connectivity index (χ1) is 7.41. The highest BCUT2D eigenvalue weighted by Crippen LogP contribution is 2.21. The van der Waals surface area contributed by atoms with Crippen LogP contribution < -0.4 is 5.73 Å². The summed E-state index contributed by atoms with van der Waals surface area (Å²) in [5, 5.41) is 0. The molecule has 0 saturated heterocycles. The molecule has 0 fully saturated rings. The van der Waals surface area contributed by atoms with E-state index in [0.717, 1.165) is 12.1 Å². The molecule has 1 atom stereocenters. The average Bonchev–Trinajstić information content (AvgIpc) is 2.14. The number of benzene rings is 1. The number of carbonyl (C=O) groups is 1. The standard InChI is InChI=1S/C8H7F2NO4S/c9-4-1-2-5(6(10)3-4)7(8(11)12)15-16(13)14/h1-3,7,16H,(H2,11,12). The first-order valence-corrected chi connectivity index (χ1v) is 5.07. The van der Waals surface area contributed by atoms with Crippen LogP contribution in [0.2, 0.25) is 0 Å². The topological polar surface area (TPSA) is 86.5 Å². The summed E-state index contributed by atoms with van der Waals surface area (Å²) in [5.74, 6) is -3.17. The highest BCUT2D eigenvalue weighted by Gasteiger charge is 2.23. The van der Waals surface area contributed by atoms with Gasteiger partial charge in [0.25, 0.3) is 16.9 Å². The van der Waals surface area contributed by atoms with Crippen LogP contribution in [-0.2, 0) is 20.0 Å². The lowest BCUT2D eigenvalue weighted by Crippen LogP contribution is -2.24. The van der Waals surface area contributed by atoms with E-state index in [-0.39, 0.29) is 0 Å². The fraction of sp³-hybridized carbons (Fsp3) is 0.125. The minimum Gasteiger partial charge on any atom is -0.367 e. The van der Waals surface area contributed by atoms with Crippen molar-refractivity contribution < 1.29 is 26.2 Å². The van der Waals surface area contributed by atoms with Gasteiger partial charge in [0.1, 0.15) is 11.6 Å². The maximum absolute atomic E-state index is 13.2. The molecule has 0 radical (unpaired) electrons. The molecule has 88 valence electrons. The molecule has 0 saturated carbocycles. The monoisotopic (exact) mass is 251 g/mol. The Balaban J connectivity index is 3.15. The summed E-state index contributed by atoms with van der Waals surface area (Å²) in [6.07, 6.45) is -1.79. The molecular formula is C8H7F2NO4S. The molecule has 0 heterocycles. The van der Waals surface area contributed by atoms with Gasteiger partial charge in [-0.2, -0.15) is 0 Å². The zero-order valence-corrected chi connectivity index (χ0v) is 8.62. The molecule has 0 aromatic heterocycles. The summed E-state index contributed by atoms with van der Waals surface area (Å²) in [6, 6.07) is 2.24. The number of halogens is 2. The third-order valence-corrected chi connectivity index (χ3v) is 2.08. The molecule has 1 rings (SSSR count). The third-order valence-electron chi connectivity index (χ3n) is 1.69. The van der Waals surface area contributed by atoms with E-state index >= 15 is 0 Å². The Morgan fingerprint density at radius 2 is 2.00 bits per heavy atom. The predicted octanol–water partition coefficient (Wildman–Crippen LogP) is 0.0342. The van der Waals surface area contributed by atoms with Crippen LogP contribution in [0.3, 0.4) is 0 Å². The van der Waals surface area contributed by atoms with Gasteiger partial charge in [0.2, 0.25) is 0 Å². The van der Waals surface area contributed by atoms with Gasteiger partial charge in [0, 0.05) is 11.6 Å². The normalized spacial score (nSPS) is 12.7. The van der Waals surface area contributed by atoms with Crippen molar-refractivity contribution in [3.8, 4) is 0 Å². The molecule has 0 spiro atoms. The Labute approximate surface area is 91.0 Å². The maximum atomic E-state index is 13.2. The van der Waals surface area contributed by atoms with Crippen molar-refractivity contribution in [2.24, 2.45) is 5.73 Å². The van der Waals surface area contributed by atoms with Crippen LogP contribution in [0.15, 0.2) is 18.2 Å². The van der Waals surface area contributed by atoms with E-state index < -0.39 is 40.2 Å². The SMILES string of the molecule is NC(=O)C(O[SH](=O)=O)c1ccc(F)cc1F. The Morgan fingerprint density at radius 3 is 2.44 bits per heavy atom. The van der Waals surface area contributed by atoms with E-state index in [4.69, 9.17) is 5.73 Å². The minimum absolute atomic E-state index is 0.437. The Morgan fingerprint density at radius 1 is 1.38 bits per heavy atom. The molecule has 0 aliphatic carbocycles.